The molecule has 2 rings (SSSR count). The van der Waals surface area contributed by atoms with Gasteiger partial charge in [0.15, 0.2) is 5.75 Å². The maximum atomic E-state index is 11.7. The van der Waals surface area contributed by atoms with Crippen LogP contribution in [0.25, 0.3) is 0 Å². The summed E-state index contributed by atoms with van der Waals surface area (Å²) in [5, 5.41) is 11.0. The van der Waals surface area contributed by atoms with E-state index in [9.17, 15) is 9.59 Å². The highest BCUT2D eigenvalue weighted by molar-refractivity contribution is 5.95. The zero-order valence-corrected chi connectivity index (χ0v) is 9.67. The second-order valence-electron chi connectivity index (χ2n) is 3.73. The van der Waals surface area contributed by atoms with Crippen LogP contribution in [0.4, 0.5) is 0 Å². The fraction of sp³-hybridized carbons (Fsp3) is 0.364. The van der Waals surface area contributed by atoms with Gasteiger partial charge in [0.1, 0.15) is 24.9 Å². The van der Waals surface area contributed by atoms with Crippen molar-refractivity contribution in [3.63, 3.8) is 0 Å². The zero-order chi connectivity index (χ0) is 13.1. The summed E-state index contributed by atoms with van der Waals surface area (Å²) in [6.45, 7) is 2.19. The fourth-order valence-corrected chi connectivity index (χ4v) is 1.39. The molecule has 2 heterocycles. The summed E-state index contributed by atoms with van der Waals surface area (Å²) < 4.78 is 10.5. The summed E-state index contributed by atoms with van der Waals surface area (Å²) in [7, 11) is 0. The third-order valence-corrected chi connectivity index (χ3v) is 2.36. The van der Waals surface area contributed by atoms with E-state index in [1.54, 1.807) is 6.07 Å². The number of hydrogen-bond acceptors (Lipinski definition) is 5. The van der Waals surface area contributed by atoms with Crippen LogP contribution in [0.2, 0.25) is 0 Å². The van der Waals surface area contributed by atoms with Gasteiger partial charge in [-0.15, -0.1) is 0 Å². The van der Waals surface area contributed by atoms with E-state index in [-0.39, 0.29) is 11.6 Å². The van der Waals surface area contributed by atoms with Crippen LogP contribution in [0.15, 0.2) is 12.1 Å². The Bertz CT molecular complexity index is 488. The van der Waals surface area contributed by atoms with Gasteiger partial charge in [-0.05, 0) is 19.1 Å². The Balaban J connectivity index is 2.13. The Labute approximate surface area is 103 Å². The van der Waals surface area contributed by atoms with Gasteiger partial charge in [0.05, 0.1) is 0 Å². The molecule has 1 aromatic heterocycles. The van der Waals surface area contributed by atoms with Crippen LogP contribution in [-0.4, -0.2) is 41.2 Å². The van der Waals surface area contributed by atoms with E-state index < -0.39 is 17.9 Å². The number of hydrogen-bond donors (Lipinski definition) is 2. The van der Waals surface area contributed by atoms with Gasteiger partial charge in [-0.2, -0.15) is 0 Å². The van der Waals surface area contributed by atoms with Crippen molar-refractivity contribution in [2.24, 2.45) is 0 Å². The summed E-state index contributed by atoms with van der Waals surface area (Å²) in [5.74, 6) is -0.955. The third kappa shape index (κ3) is 2.50. The van der Waals surface area contributed by atoms with E-state index in [1.807, 2.05) is 0 Å². The van der Waals surface area contributed by atoms with Gasteiger partial charge in [0, 0.05) is 0 Å². The van der Waals surface area contributed by atoms with Crippen molar-refractivity contribution >= 4 is 11.9 Å². The maximum absolute atomic E-state index is 11.7. The molecule has 1 aliphatic rings. The number of amides is 1. The second kappa shape index (κ2) is 4.91. The van der Waals surface area contributed by atoms with Crippen LogP contribution < -0.4 is 14.8 Å². The van der Waals surface area contributed by atoms with Gasteiger partial charge in [-0.25, -0.2) is 4.98 Å². The number of fused-ring (bicyclic) bond motifs is 1. The van der Waals surface area contributed by atoms with E-state index >= 15 is 0 Å². The number of carbonyl (C=O) groups is 2. The number of pyridine rings is 1. The topological polar surface area (TPSA) is 97.8 Å². The molecular weight excluding hydrogens is 240 g/mol. The van der Waals surface area contributed by atoms with Gasteiger partial charge >= 0.3 is 5.97 Å². The minimum atomic E-state index is -1.11. The molecule has 0 fully saturated rings. The fourth-order valence-electron chi connectivity index (χ4n) is 1.39. The monoisotopic (exact) mass is 252 g/mol. The first-order valence-corrected chi connectivity index (χ1v) is 5.38. The quantitative estimate of drug-likeness (QED) is 0.789. The number of rotatable bonds is 3. The predicted molar refractivity (Wildman–Crippen MR) is 59.8 cm³/mol. The van der Waals surface area contributed by atoms with Crippen molar-refractivity contribution < 1.29 is 24.2 Å². The van der Waals surface area contributed by atoms with E-state index in [0.29, 0.717) is 19.0 Å². The number of aliphatic carboxylic acids is 1. The van der Waals surface area contributed by atoms with Crippen LogP contribution in [0.3, 0.4) is 0 Å². The van der Waals surface area contributed by atoms with Crippen LogP contribution >= 0.6 is 0 Å². The van der Waals surface area contributed by atoms with Crippen molar-refractivity contribution in [1.82, 2.24) is 10.3 Å². The van der Waals surface area contributed by atoms with Crippen molar-refractivity contribution in [3.8, 4) is 11.6 Å². The molecule has 1 amide bonds. The summed E-state index contributed by atoms with van der Waals surface area (Å²) >= 11 is 0. The number of ether oxygens (including phenoxy) is 2. The molecular formula is C11H12N2O5. The first-order chi connectivity index (χ1) is 8.58. The first kappa shape index (κ1) is 12.2. The average molecular weight is 252 g/mol. The molecule has 18 heavy (non-hydrogen) atoms. The summed E-state index contributed by atoms with van der Waals surface area (Å²) in [6, 6.07) is 2.05. The number of nitrogens with zero attached hydrogens (tertiary/aromatic N) is 1. The van der Waals surface area contributed by atoms with Crippen molar-refractivity contribution in [1.29, 1.82) is 0 Å². The SMILES string of the molecule is C[C@H](NC(=O)c1ccc2c(n1)OCCO2)C(=O)O. The smallest absolute Gasteiger partial charge is 0.325 e. The number of carbonyl (C=O) groups excluding carboxylic acids is 1. The molecule has 1 aromatic rings. The molecule has 2 N–H and O–H groups in total. The molecule has 1 atom stereocenters. The molecule has 96 valence electrons. The summed E-state index contributed by atoms with van der Waals surface area (Å²) in [5.41, 5.74) is 0.0901. The Morgan fingerprint density at radius 1 is 1.39 bits per heavy atom. The van der Waals surface area contributed by atoms with Crippen molar-refractivity contribution in [2.75, 3.05) is 13.2 Å². The molecule has 7 nitrogen and oxygen atoms in total. The average Bonchev–Trinajstić information content (AvgIpc) is 2.37. The lowest BCUT2D eigenvalue weighted by atomic mass is 10.3. The standard InChI is InChI=1S/C11H12N2O5/c1-6(11(15)16)12-9(14)7-2-3-8-10(13-7)18-5-4-17-8/h2-3,6H,4-5H2,1H3,(H,12,14)(H,15,16)/t6-/m0/s1. The first-order valence-electron chi connectivity index (χ1n) is 5.38. The van der Waals surface area contributed by atoms with Gasteiger partial charge in [-0.1, -0.05) is 0 Å². The molecule has 0 unspecified atom stereocenters. The lowest BCUT2D eigenvalue weighted by molar-refractivity contribution is -0.138. The number of carboxylic acid groups (broad SMARTS) is 1. The number of aromatic nitrogens is 1. The summed E-state index contributed by atoms with van der Waals surface area (Å²) in [6.07, 6.45) is 0. The van der Waals surface area contributed by atoms with Crippen LogP contribution in [0, 0.1) is 0 Å². The molecule has 0 bridgehead atoms. The molecule has 0 aromatic carbocycles. The van der Waals surface area contributed by atoms with Crippen molar-refractivity contribution in [2.45, 2.75) is 13.0 Å². The highest BCUT2D eigenvalue weighted by Crippen LogP contribution is 2.27. The normalized spacial score (nSPS) is 14.7. The Morgan fingerprint density at radius 2 is 2.11 bits per heavy atom. The predicted octanol–water partition coefficient (Wildman–Crippen LogP) is 0.0557. The second-order valence-corrected chi connectivity index (χ2v) is 3.73. The van der Waals surface area contributed by atoms with Crippen LogP contribution in [0.5, 0.6) is 11.6 Å². The van der Waals surface area contributed by atoms with Gasteiger partial charge < -0.3 is 19.9 Å². The van der Waals surface area contributed by atoms with Crippen LogP contribution in [-0.2, 0) is 4.79 Å². The minimum Gasteiger partial charge on any atom is -0.484 e. The van der Waals surface area contributed by atoms with E-state index in [0.717, 1.165) is 0 Å². The molecule has 1 aliphatic heterocycles. The molecule has 7 heteroatoms. The Kier molecular flexibility index (Phi) is 3.31. The Morgan fingerprint density at radius 3 is 2.83 bits per heavy atom. The lowest BCUT2D eigenvalue weighted by Gasteiger charge is -2.17. The number of nitrogens with one attached hydrogen (secondary N) is 1. The minimum absolute atomic E-state index is 0.0901. The third-order valence-electron chi connectivity index (χ3n) is 2.36. The molecule has 0 radical (unpaired) electrons. The zero-order valence-electron chi connectivity index (χ0n) is 9.67. The highest BCUT2D eigenvalue weighted by atomic mass is 16.6. The van der Waals surface area contributed by atoms with E-state index in [1.165, 1.54) is 13.0 Å². The maximum Gasteiger partial charge on any atom is 0.325 e. The largest absolute Gasteiger partial charge is 0.484 e. The van der Waals surface area contributed by atoms with E-state index in [2.05, 4.69) is 10.3 Å². The lowest BCUT2D eigenvalue weighted by Crippen LogP contribution is -2.38. The number of carboxylic acids is 1. The molecule has 0 aliphatic carbocycles. The molecule has 0 saturated heterocycles. The van der Waals surface area contributed by atoms with Crippen molar-refractivity contribution in [3.05, 3.63) is 17.8 Å². The van der Waals surface area contributed by atoms with Gasteiger partial charge in [0.25, 0.3) is 11.8 Å². The van der Waals surface area contributed by atoms with Gasteiger partial charge in [0.2, 0.25) is 0 Å². The molecule has 0 saturated carbocycles. The Hall–Kier alpha value is -2.31. The van der Waals surface area contributed by atoms with Gasteiger partial charge in [-0.3, -0.25) is 9.59 Å². The summed E-state index contributed by atoms with van der Waals surface area (Å²) in [4.78, 5) is 26.3. The van der Waals surface area contributed by atoms with E-state index in [4.69, 9.17) is 14.6 Å². The molecule has 0 spiro atoms. The highest BCUT2D eigenvalue weighted by Gasteiger charge is 2.19. The van der Waals surface area contributed by atoms with Crippen LogP contribution in [0.1, 0.15) is 17.4 Å².